The molecule has 10 nitrogen and oxygen atoms in total. The van der Waals surface area contributed by atoms with Gasteiger partial charge >= 0.3 is 6.03 Å². The Morgan fingerprint density at radius 1 is 0.848 bits per heavy atom. The van der Waals surface area contributed by atoms with Crippen LogP contribution in [0.2, 0.25) is 10.0 Å². The molecule has 4 aromatic carbocycles. The summed E-state index contributed by atoms with van der Waals surface area (Å²) in [5.41, 5.74) is 1.86. The highest BCUT2D eigenvalue weighted by Crippen LogP contribution is 2.31. The third-order valence-electron chi connectivity index (χ3n) is 6.59. The molecule has 1 fully saturated rings. The second-order valence-electron chi connectivity index (χ2n) is 9.83. The largest absolute Gasteiger partial charge is 0.490 e. The molecular weight excluding hydrogens is 633 g/mol. The van der Waals surface area contributed by atoms with Gasteiger partial charge < -0.3 is 19.5 Å². The number of anilines is 2. The number of imide groups is 2. The van der Waals surface area contributed by atoms with Crippen molar-refractivity contribution in [3.63, 3.8) is 0 Å². The number of nitrogens with one attached hydrogen (secondary N) is 2. The molecule has 4 aromatic rings. The van der Waals surface area contributed by atoms with E-state index in [1.807, 2.05) is 30.3 Å². The summed E-state index contributed by atoms with van der Waals surface area (Å²) in [5, 5.41) is 5.53. The van der Waals surface area contributed by atoms with Gasteiger partial charge in [0.1, 0.15) is 17.9 Å². The Bertz CT molecular complexity index is 1810. The van der Waals surface area contributed by atoms with E-state index in [-0.39, 0.29) is 36.0 Å². The number of hydrogen-bond donors (Lipinski definition) is 2. The van der Waals surface area contributed by atoms with Gasteiger partial charge in [-0.1, -0.05) is 59.6 Å². The van der Waals surface area contributed by atoms with Crippen LogP contribution in [0.5, 0.6) is 17.2 Å². The summed E-state index contributed by atoms with van der Waals surface area (Å²) in [4.78, 5) is 52.2. The number of benzene rings is 4. The number of carbonyl (C=O) groups is 4. The van der Waals surface area contributed by atoms with Gasteiger partial charge in [0.2, 0.25) is 0 Å². The molecule has 12 heteroatoms. The van der Waals surface area contributed by atoms with Crippen molar-refractivity contribution in [3.8, 4) is 17.2 Å². The maximum Gasteiger partial charge on any atom is 0.335 e. The van der Waals surface area contributed by atoms with Crippen LogP contribution in [0.1, 0.15) is 18.1 Å². The van der Waals surface area contributed by atoms with Crippen LogP contribution in [-0.2, 0) is 21.0 Å². The number of hydrogen-bond acceptors (Lipinski definition) is 7. The molecule has 0 unspecified atom stereocenters. The summed E-state index contributed by atoms with van der Waals surface area (Å²) < 4.78 is 17.2. The zero-order chi connectivity index (χ0) is 32.6. The van der Waals surface area contributed by atoms with Gasteiger partial charge in [-0.05, 0) is 78.7 Å². The summed E-state index contributed by atoms with van der Waals surface area (Å²) >= 11 is 11.9. The van der Waals surface area contributed by atoms with Crippen molar-refractivity contribution in [1.82, 2.24) is 5.32 Å². The van der Waals surface area contributed by atoms with E-state index < -0.39 is 23.8 Å². The number of rotatable bonds is 11. The van der Waals surface area contributed by atoms with E-state index >= 15 is 0 Å². The topological polar surface area (TPSA) is 123 Å². The van der Waals surface area contributed by atoms with E-state index in [9.17, 15) is 19.2 Å². The van der Waals surface area contributed by atoms with Gasteiger partial charge in [-0.25, -0.2) is 9.69 Å². The van der Waals surface area contributed by atoms with E-state index in [0.717, 1.165) is 10.5 Å². The predicted molar refractivity (Wildman–Crippen MR) is 174 cm³/mol. The number of ether oxygens (including phenoxy) is 3. The number of nitrogens with zero attached hydrogens (tertiary/aromatic N) is 1. The molecule has 1 saturated heterocycles. The molecule has 1 aliphatic heterocycles. The van der Waals surface area contributed by atoms with Crippen LogP contribution in [0.4, 0.5) is 16.2 Å². The quantitative estimate of drug-likeness (QED) is 0.136. The van der Waals surface area contributed by atoms with Crippen LogP contribution in [0.15, 0.2) is 96.6 Å². The first-order valence-electron chi connectivity index (χ1n) is 14.0. The number of barbiturate groups is 1. The molecule has 1 heterocycles. The Hall–Kier alpha value is -5.32. The lowest BCUT2D eigenvalue weighted by molar-refractivity contribution is -0.122. The Morgan fingerprint density at radius 3 is 2.33 bits per heavy atom. The van der Waals surface area contributed by atoms with Crippen molar-refractivity contribution in [2.45, 2.75) is 13.5 Å². The summed E-state index contributed by atoms with van der Waals surface area (Å²) in [7, 11) is 0. The van der Waals surface area contributed by atoms with Crippen molar-refractivity contribution in [1.29, 1.82) is 0 Å². The zero-order valence-corrected chi connectivity index (χ0v) is 25.9. The lowest BCUT2D eigenvalue weighted by Crippen LogP contribution is -2.54. The fourth-order valence-corrected chi connectivity index (χ4v) is 4.71. The SMILES string of the molecule is CCOc1cc(/C=C2/C(=O)NC(=O)N(c3ccc(OCc4ccccc4)cc3)C2=O)ccc1OCC(=O)Nc1ccc(Cl)c(Cl)c1. The Morgan fingerprint density at radius 2 is 1.61 bits per heavy atom. The van der Waals surface area contributed by atoms with E-state index in [4.69, 9.17) is 37.4 Å². The highest BCUT2D eigenvalue weighted by Gasteiger charge is 2.36. The standard InChI is InChI=1S/C34H27Cl2N3O7/c1-2-44-30-17-22(8-15-29(30)46-20-31(40)37-23-9-14-27(35)28(36)18-23)16-26-32(41)38-34(43)39(33(26)42)24-10-12-25(13-11-24)45-19-21-6-4-3-5-7-21/h3-18H,2,19-20H2,1H3,(H,37,40)(H,38,41,43)/b26-16-. The molecule has 0 saturated carbocycles. The second kappa shape index (κ2) is 14.6. The van der Waals surface area contributed by atoms with Gasteiger partial charge in [0.25, 0.3) is 17.7 Å². The highest BCUT2D eigenvalue weighted by molar-refractivity contribution is 6.42. The normalized spacial score (nSPS) is 13.8. The van der Waals surface area contributed by atoms with Gasteiger partial charge in [0, 0.05) is 5.69 Å². The first kappa shape index (κ1) is 32.1. The summed E-state index contributed by atoms with van der Waals surface area (Å²) in [6.07, 6.45) is 1.34. The Balaban J connectivity index is 1.28. The van der Waals surface area contributed by atoms with E-state index in [1.165, 1.54) is 12.1 Å². The van der Waals surface area contributed by atoms with Gasteiger partial charge in [0.05, 0.1) is 22.3 Å². The minimum Gasteiger partial charge on any atom is -0.490 e. The molecule has 0 aromatic heterocycles. The minimum absolute atomic E-state index is 0.255. The molecule has 2 N–H and O–H groups in total. The first-order valence-corrected chi connectivity index (χ1v) is 14.8. The molecular formula is C34H27Cl2N3O7. The van der Waals surface area contributed by atoms with E-state index in [0.29, 0.717) is 33.7 Å². The third kappa shape index (κ3) is 7.84. The second-order valence-corrected chi connectivity index (χ2v) is 10.6. The number of halogens is 2. The first-order chi connectivity index (χ1) is 22.2. The van der Waals surface area contributed by atoms with Gasteiger partial charge in [-0.2, -0.15) is 0 Å². The fourth-order valence-electron chi connectivity index (χ4n) is 4.41. The molecule has 5 amide bonds. The minimum atomic E-state index is -0.872. The number of carbonyl (C=O) groups excluding carboxylic acids is 4. The van der Waals surface area contributed by atoms with E-state index in [1.54, 1.807) is 61.5 Å². The van der Waals surface area contributed by atoms with Crippen LogP contribution in [-0.4, -0.2) is 37.0 Å². The predicted octanol–water partition coefficient (Wildman–Crippen LogP) is 6.66. The van der Waals surface area contributed by atoms with Crippen molar-refractivity contribution in [2.75, 3.05) is 23.4 Å². The van der Waals surface area contributed by atoms with Crippen LogP contribution >= 0.6 is 23.2 Å². The van der Waals surface area contributed by atoms with Crippen LogP contribution in [0.3, 0.4) is 0 Å². The van der Waals surface area contributed by atoms with Crippen molar-refractivity contribution in [2.24, 2.45) is 0 Å². The lowest BCUT2D eigenvalue weighted by Gasteiger charge is -2.26. The van der Waals surface area contributed by atoms with Crippen molar-refractivity contribution in [3.05, 3.63) is 118 Å². The maximum absolute atomic E-state index is 13.4. The third-order valence-corrected chi connectivity index (χ3v) is 7.32. The number of amides is 5. The molecule has 0 spiro atoms. The molecule has 0 radical (unpaired) electrons. The maximum atomic E-state index is 13.4. The average Bonchev–Trinajstić information content (AvgIpc) is 3.04. The van der Waals surface area contributed by atoms with Gasteiger partial charge in [0.15, 0.2) is 18.1 Å². The molecule has 46 heavy (non-hydrogen) atoms. The fraction of sp³-hybridized carbons (Fsp3) is 0.118. The Labute approximate surface area is 274 Å². The zero-order valence-electron chi connectivity index (χ0n) is 24.4. The summed E-state index contributed by atoms with van der Waals surface area (Å²) in [6, 6.07) is 24.5. The lowest BCUT2D eigenvalue weighted by atomic mass is 10.1. The average molecular weight is 661 g/mol. The molecule has 1 aliphatic rings. The highest BCUT2D eigenvalue weighted by atomic mass is 35.5. The molecule has 5 rings (SSSR count). The monoisotopic (exact) mass is 659 g/mol. The summed E-state index contributed by atoms with van der Waals surface area (Å²) in [5.74, 6) is -1.00. The van der Waals surface area contributed by atoms with Crippen molar-refractivity contribution < 1.29 is 33.4 Å². The van der Waals surface area contributed by atoms with Crippen molar-refractivity contribution >= 4 is 64.4 Å². The van der Waals surface area contributed by atoms with Crippen LogP contribution in [0, 0.1) is 0 Å². The molecule has 0 atom stereocenters. The van der Waals surface area contributed by atoms with Gasteiger partial charge in [-0.3, -0.25) is 19.7 Å². The molecule has 0 aliphatic carbocycles. The summed E-state index contributed by atoms with van der Waals surface area (Å²) in [6.45, 7) is 2.06. The number of urea groups is 1. The van der Waals surface area contributed by atoms with Gasteiger partial charge in [-0.15, -0.1) is 0 Å². The van der Waals surface area contributed by atoms with Crippen LogP contribution < -0.4 is 29.7 Å². The molecule has 234 valence electrons. The van der Waals surface area contributed by atoms with Crippen LogP contribution in [0.25, 0.3) is 6.08 Å². The molecule has 0 bridgehead atoms. The smallest absolute Gasteiger partial charge is 0.335 e. The van der Waals surface area contributed by atoms with E-state index in [2.05, 4.69) is 10.6 Å². The Kier molecular flexibility index (Phi) is 10.2.